The third kappa shape index (κ3) is 4.22. The Morgan fingerprint density at radius 1 is 0.238 bits per heavy atom. The van der Waals surface area contributed by atoms with E-state index in [0.717, 1.165) is 0 Å². The Morgan fingerprint density at radius 3 is 0.667 bits per heavy atom. The van der Waals surface area contributed by atoms with Crippen molar-refractivity contribution >= 4 is 0 Å². The predicted octanol–water partition coefficient (Wildman–Crippen LogP) is 9.12. The maximum absolute atomic E-state index is 13.9. The van der Waals surface area contributed by atoms with Crippen LogP contribution < -0.4 is 0 Å². The summed E-state index contributed by atoms with van der Waals surface area (Å²) in [6.07, 6.45) is -8.17. The van der Waals surface area contributed by atoms with E-state index < -0.39 is 94.1 Å². The van der Waals surface area contributed by atoms with Gasteiger partial charge in [-0.25, -0.2) is 22.0 Å². The van der Waals surface area contributed by atoms with Crippen LogP contribution in [0.4, 0.5) is 114 Å². The van der Waals surface area contributed by atoms with Crippen molar-refractivity contribution in [2.75, 3.05) is 0 Å². The summed E-state index contributed by atoms with van der Waals surface area (Å²) in [5, 5.41) is 0. The molecule has 0 bridgehead atoms. The number of hydrogen-bond acceptors (Lipinski definition) is 0. The molecule has 1 aromatic carbocycles. The minimum atomic E-state index is -9.55. The Kier molecular flexibility index (Phi) is 8.42. The van der Waals surface area contributed by atoms with Crippen LogP contribution in [0.2, 0.25) is 0 Å². The number of halogens is 26. The molecule has 0 aliphatic heterocycles. The first-order valence-electron chi connectivity index (χ1n) is 8.91. The van der Waals surface area contributed by atoms with Crippen LogP contribution in [0.1, 0.15) is 5.56 Å². The van der Waals surface area contributed by atoms with E-state index >= 15 is 0 Å². The number of alkyl halides is 21. The van der Waals surface area contributed by atoms with Crippen molar-refractivity contribution in [1.82, 2.24) is 0 Å². The zero-order valence-electron chi connectivity index (χ0n) is 17.8. The first-order valence-corrected chi connectivity index (χ1v) is 8.91. The molecule has 0 heterocycles. The topological polar surface area (TPSA) is 0 Å². The molecule has 0 saturated heterocycles. The molecule has 0 N–H and O–H groups in total. The van der Waals surface area contributed by atoms with Crippen molar-refractivity contribution in [3.05, 3.63) is 34.6 Å². The van der Waals surface area contributed by atoms with Gasteiger partial charge in [-0.05, 0) is 0 Å². The molecular formula is C16F26. The minimum absolute atomic E-state index is 3.56. The van der Waals surface area contributed by atoms with Crippen molar-refractivity contribution in [3.8, 4) is 0 Å². The first kappa shape index (κ1) is 37.4. The molecule has 0 aromatic heterocycles. The van der Waals surface area contributed by atoms with Gasteiger partial charge >= 0.3 is 59.5 Å². The van der Waals surface area contributed by atoms with Gasteiger partial charge in [-0.1, -0.05) is 0 Å². The van der Waals surface area contributed by atoms with Crippen molar-refractivity contribution in [2.45, 2.75) is 59.5 Å². The second kappa shape index (κ2) is 9.45. The van der Waals surface area contributed by atoms with E-state index in [1.54, 1.807) is 0 Å². The SMILES string of the molecule is Fc1c(F)c(F)c(C(F)(F)C(F)(F)C(F)(F)C(F)(F)C(F)(F)C(F)(F)C(F)(F)C(F)(F)C(F)(F)C(F)(F)F)c(F)c1F. The molecule has 1 rings (SSSR count). The quantitative estimate of drug-likeness (QED) is 0.138. The van der Waals surface area contributed by atoms with Crippen LogP contribution in [-0.4, -0.2) is 53.6 Å². The van der Waals surface area contributed by atoms with E-state index in [0.29, 0.717) is 0 Å². The van der Waals surface area contributed by atoms with Gasteiger partial charge < -0.3 is 0 Å². The predicted molar refractivity (Wildman–Crippen MR) is 75.8 cm³/mol. The van der Waals surface area contributed by atoms with Gasteiger partial charge in [0.05, 0.1) is 0 Å². The summed E-state index contributed by atoms with van der Waals surface area (Å²) in [6.45, 7) is 0. The smallest absolute Gasteiger partial charge is 0.203 e. The molecule has 0 spiro atoms. The molecule has 26 heteroatoms. The molecule has 0 aliphatic rings. The molecule has 0 fully saturated rings. The molecule has 0 unspecified atom stereocenters. The van der Waals surface area contributed by atoms with E-state index in [4.69, 9.17) is 0 Å². The third-order valence-electron chi connectivity index (χ3n) is 5.03. The fraction of sp³-hybridized carbons (Fsp3) is 0.625. The van der Waals surface area contributed by atoms with Crippen LogP contribution in [0.5, 0.6) is 0 Å². The molecule has 1 aromatic rings. The van der Waals surface area contributed by atoms with Gasteiger partial charge in [0.15, 0.2) is 23.3 Å². The van der Waals surface area contributed by atoms with Gasteiger partial charge in [-0.2, -0.15) is 92.2 Å². The van der Waals surface area contributed by atoms with E-state index in [-0.39, 0.29) is 0 Å². The van der Waals surface area contributed by atoms with E-state index in [1.807, 2.05) is 0 Å². The van der Waals surface area contributed by atoms with Gasteiger partial charge in [0.2, 0.25) is 5.82 Å². The average Bonchev–Trinajstić information content (AvgIpc) is 2.79. The molecule has 0 saturated carbocycles. The molecule has 0 aliphatic carbocycles. The van der Waals surface area contributed by atoms with Crippen molar-refractivity contribution < 1.29 is 114 Å². The molecule has 246 valence electrons. The normalized spacial score (nSPS) is 15.9. The molecule has 0 amide bonds. The summed E-state index contributed by atoms with van der Waals surface area (Å²) >= 11 is 0. The van der Waals surface area contributed by atoms with Crippen molar-refractivity contribution in [3.63, 3.8) is 0 Å². The van der Waals surface area contributed by atoms with Crippen LogP contribution in [0.3, 0.4) is 0 Å². The zero-order valence-corrected chi connectivity index (χ0v) is 17.8. The van der Waals surface area contributed by atoms with Crippen molar-refractivity contribution in [1.29, 1.82) is 0 Å². The van der Waals surface area contributed by atoms with E-state index in [2.05, 4.69) is 0 Å². The Labute approximate surface area is 209 Å². The molecule has 0 nitrogen and oxygen atoms in total. The molecular weight excluding hydrogens is 686 g/mol. The van der Waals surface area contributed by atoms with Gasteiger partial charge in [0.1, 0.15) is 5.56 Å². The lowest BCUT2D eigenvalue weighted by molar-refractivity contribution is -0.475. The summed E-state index contributed by atoms with van der Waals surface area (Å²) in [5.41, 5.74) is -4.59. The molecule has 42 heavy (non-hydrogen) atoms. The van der Waals surface area contributed by atoms with Gasteiger partial charge in [0.25, 0.3) is 0 Å². The highest BCUT2D eigenvalue weighted by Gasteiger charge is 2.98. The van der Waals surface area contributed by atoms with Crippen LogP contribution in [-0.2, 0) is 5.92 Å². The Balaban J connectivity index is 4.01. The zero-order chi connectivity index (χ0) is 34.5. The van der Waals surface area contributed by atoms with Crippen LogP contribution in [0.25, 0.3) is 0 Å². The van der Waals surface area contributed by atoms with Crippen LogP contribution in [0.15, 0.2) is 0 Å². The Bertz CT molecular complexity index is 1170. The van der Waals surface area contributed by atoms with Crippen LogP contribution >= 0.6 is 0 Å². The highest BCUT2D eigenvalue weighted by Crippen LogP contribution is 2.67. The number of rotatable bonds is 9. The first-order chi connectivity index (χ1) is 17.9. The highest BCUT2D eigenvalue weighted by atomic mass is 19.4. The van der Waals surface area contributed by atoms with Gasteiger partial charge in [-0.3, -0.25) is 0 Å². The molecule has 0 radical (unpaired) electrons. The summed E-state index contributed by atoms with van der Waals surface area (Å²) in [6, 6.07) is 0. The maximum atomic E-state index is 13.9. The van der Waals surface area contributed by atoms with E-state index in [9.17, 15) is 114 Å². The van der Waals surface area contributed by atoms with Gasteiger partial charge in [-0.15, -0.1) is 0 Å². The lowest BCUT2D eigenvalue weighted by Crippen LogP contribution is -2.76. The Morgan fingerprint density at radius 2 is 0.429 bits per heavy atom. The summed E-state index contributed by atoms with van der Waals surface area (Å²) in [4.78, 5) is 0. The highest BCUT2D eigenvalue weighted by molar-refractivity contribution is 5.32. The standard InChI is InChI=1S/C16F26/c17-2-1(3(18)5(20)6(21)4(2)19)7(22,23)8(24,25)9(26,27)10(28,29)11(30,31)12(32,33)13(34,35)14(36,37)15(38,39)16(40,41)42. The average molecular weight is 686 g/mol. The summed E-state index contributed by atoms with van der Waals surface area (Å²) in [5.74, 6) is -102. The number of benzene rings is 1. The lowest BCUT2D eigenvalue weighted by atomic mass is 9.85. The summed E-state index contributed by atoms with van der Waals surface area (Å²) in [7, 11) is 0. The fourth-order valence-electron chi connectivity index (χ4n) is 2.60. The van der Waals surface area contributed by atoms with Crippen LogP contribution in [0, 0.1) is 29.1 Å². The summed E-state index contributed by atoms with van der Waals surface area (Å²) < 4.78 is 345. The second-order valence-corrected chi connectivity index (χ2v) is 7.61. The molecule has 0 atom stereocenters. The second-order valence-electron chi connectivity index (χ2n) is 7.61. The monoisotopic (exact) mass is 686 g/mol. The minimum Gasteiger partial charge on any atom is -0.203 e. The Hall–Kier alpha value is -2.60. The fourth-order valence-corrected chi connectivity index (χ4v) is 2.60. The van der Waals surface area contributed by atoms with E-state index in [1.165, 1.54) is 0 Å². The maximum Gasteiger partial charge on any atom is 0.460 e. The number of hydrogen-bond donors (Lipinski definition) is 0. The lowest BCUT2D eigenvalue weighted by Gasteiger charge is -2.44. The van der Waals surface area contributed by atoms with Gasteiger partial charge in [0, 0.05) is 0 Å². The third-order valence-corrected chi connectivity index (χ3v) is 5.03. The largest absolute Gasteiger partial charge is 0.460 e. The van der Waals surface area contributed by atoms with Crippen molar-refractivity contribution in [2.24, 2.45) is 0 Å².